The summed E-state index contributed by atoms with van der Waals surface area (Å²) >= 11 is 5.28. The predicted molar refractivity (Wildman–Crippen MR) is 46.0 cm³/mol. The highest BCUT2D eigenvalue weighted by atomic mass is 35.5. The largest absolute Gasteiger partial charge is 0.465 e. The second-order valence-corrected chi connectivity index (χ2v) is 2.69. The van der Waals surface area contributed by atoms with Crippen molar-refractivity contribution in [2.24, 2.45) is 0 Å². The highest BCUT2D eigenvalue weighted by Crippen LogP contribution is 2.05. The number of hydrogen-bond donors (Lipinski definition) is 1. The second-order valence-electron chi connectivity index (χ2n) is 2.42. The molecular weight excluding hydrogens is 178 g/mol. The Hall–Kier alpha value is -0.960. The summed E-state index contributed by atoms with van der Waals surface area (Å²) in [6.45, 7) is 2.26. The smallest absolute Gasteiger partial charge is 0.235 e. The number of amides is 1. The van der Waals surface area contributed by atoms with Crippen molar-refractivity contribution < 1.29 is 9.21 Å². The first-order valence-corrected chi connectivity index (χ1v) is 4.14. The maximum Gasteiger partial charge on any atom is 0.235 e. The molecule has 0 aliphatic heterocycles. The van der Waals surface area contributed by atoms with Gasteiger partial charge in [0.05, 0.1) is 6.54 Å². The Morgan fingerprint density at radius 1 is 1.67 bits per heavy atom. The normalized spacial score (nSPS) is 9.83. The standard InChI is InChI=1S/C8H10ClNO2/c1-6-2-3-7(12-6)5-10-8(11)4-9/h2-3H,4-5H2,1H3,(H,10,11). The molecule has 0 saturated heterocycles. The Balaban J connectivity index is 2.38. The average Bonchev–Trinajstić information content (AvgIpc) is 2.47. The molecule has 4 heteroatoms. The third kappa shape index (κ3) is 2.58. The fourth-order valence-corrected chi connectivity index (χ4v) is 0.908. The zero-order valence-corrected chi connectivity index (χ0v) is 7.52. The number of carbonyl (C=O) groups is 1. The predicted octanol–water partition coefficient (Wildman–Crippen LogP) is 1.44. The van der Waals surface area contributed by atoms with Crippen LogP contribution in [-0.4, -0.2) is 11.8 Å². The van der Waals surface area contributed by atoms with Crippen molar-refractivity contribution in [2.75, 3.05) is 5.88 Å². The first-order valence-electron chi connectivity index (χ1n) is 3.60. The summed E-state index contributed by atoms with van der Waals surface area (Å²) in [6.07, 6.45) is 0. The van der Waals surface area contributed by atoms with Crippen LogP contribution in [0.1, 0.15) is 11.5 Å². The Kier molecular flexibility index (Phi) is 3.17. The van der Waals surface area contributed by atoms with Crippen LogP contribution in [0.2, 0.25) is 0 Å². The summed E-state index contributed by atoms with van der Waals surface area (Å²) < 4.78 is 5.22. The van der Waals surface area contributed by atoms with E-state index in [4.69, 9.17) is 16.0 Å². The summed E-state index contributed by atoms with van der Waals surface area (Å²) in [5, 5.41) is 2.60. The van der Waals surface area contributed by atoms with E-state index in [1.54, 1.807) is 0 Å². The van der Waals surface area contributed by atoms with Gasteiger partial charge in [0, 0.05) is 0 Å². The molecule has 1 aromatic heterocycles. The van der Waals surface area contributed by atoms with Crippen LogP contribution in [-0.2, 0) is 11.3 Å². The van der Waals surface area contributed by atoms with Gasteiger partial charge in [0.1, 0.15) is 17.4 Å². The number of hydrogen-bond acceptors (Lipinski definition) is 2. The molecule has 1 aromatic rings. The number of rotatable bonds is 3. The van der Waals surface area contributed by atoms with Crippen molar-refractivity contribution in [1.29, 1.82) is 0 Å². The SMILES string of the molecule is Cc1ccc(CNC(=O)CCl)o1. The Morgan fingerprint density at radius 2 is 2.42 bits per heavy atom. The number of nitrogens with one attached hydrogen (secondary N) is 1. The molecule has 0 saturated carbocycles. The van der Waals surface area contributed by atoms with Gasteiger partial charge in [0.2, 0.25) is 5.91 Å². The Labute approximate surface area is 75.7 Å². The van der Waals surface area contributed by atoms with E-state index in [-0.39, 0.29) is 11.8 Å². The van der Waals surface area contributed by atoms with Crippen molar-refractivity contribution in [2.45, 2.75) is 13.5 Å². The molecule has 1 N–H and O–H groups in total. The molecular formula is C8H10ClNO2. The van der Waals surface area contributed by atoms with Crippen LogP contribution in [0.5, 0.6) is 0 Å². The molecule has 0 aliphatic rings. The summed E-state index contributed by atoms with van der Waals surface area (Å²) in [4.78, 5) is 10.7. The summed E-state index contributed by atoms with van der Waals surface area (Å²) in [6, 6.07) is 3.67. The lowest BCUT2D eigenvalue weighted by Crippen LogP contribution is -2.23. The third-order valence-corrected chi connectivity index (χ3v) is 1.62. The topological polar surface area (TPSA) is 42.2 Å². The van der Waals surface area contributed by atoms with Crippen molar-refractivity contribution in [3.05, 3.63) is 23.7 Å². The van der Waals surface area contributed by atoms with Crippen LogP contribution in [0.25, 0.3) is 0 Å². The van der Waals surface area contributed by atoms with Gasteiger partial charge < -0.3 is 9.73 Å². The van der Waals surface area contributed by atoms with E-state index in [0.717, 1.165) is 11.5 Å². The zero-order chi connectivity index (χ0) is 8.97. The molecule has 0 fully saturated rings. The first kappa shape index (κ1) is 9.13. The number of halogens is 1. The number of carbonyl (C=O) groups excluding carboxylic acids is 1. The molecule has 0 unspecified atom stereocenters. The van der Waals surface area contributed by atoms with Crippen LogP contribution in [0.4, 0.5) is 0 Å². The van der Waals surface area contributed by atoms with E-state index < -0.39 is 0 Å². The summed E-state index contributed by atoms with van der Waals surface area (Å²) in [5.74, 6) is 1.38. The van der Waals surface area contributed by atoms with Crippen molar-refractivity contribution in [1.82, 2.24) is 5.32 Å². The maximum atomic E-state index is 10.7. The fourth-order valence-electron chi connectivity index (χ4n) is 0.813. The molecule has 3 nitrogen and oxygen atoms in total. The molecule has 0 spiro atoms. The fraction of sp³-hybridized carbons (Fsp3) is 0.375. The van der Waals surface area contributed by atoms with Gasteiger partial charge in [-0.05, 0) is 19.1 Å². The molecule has 0 bridgehead atoms. The number of furan rings is 1. The molecule has 0 radical (unpaired) electrons. The third-order valence-electron chi connectivity index (χ3n) is 1.38. The van der Waals surface area contributed by atoms with Gasteiger partial charge in [-0.15, -0.1) is 11.6 Å². The van der Waals surface area contributed by atoms with Crippen molar-refractivity contribution in [3.8, 4) is 0 Å². The maximum absolute atomic E-state index is 10.7. The molecule has 12 heavy (non-hydrogen) atoms. The molecule has 1 heterocycles. The number of aryl methyl sites for hydroxylation is 1. The van der Waals surface area contributed by atoms with Gasteiger partial charge in [0.25, 0.3) is 0 Å². The van der Waals surface area contributed by atoms with Crippen LogP contribution < -0.4 is 5.32 Å². The minimum absolute atomic E-state index is 0.0142. The lowest BCUT2D eigenvalue weighted by atomic mass is 10.4. The Morgan fingerprint density at radius 3 is 2.92 bits per heavy atom. The molecule has 0 atom stereocenters. The molecule has 1 rings (SSSR count). The van der Waals surface area contributed by atoms with E-state index in [2.05, 4.69) is 5.32 Å². The lowest BCUT2D eigenvalue weighted by molar-refractivity contribution is -0.118. The molecule has 0 aliphatic carbocycles. The van der Waals surface area contributed by atoms with E-state index in [0.29, 0.717) is 6.54 Å². The lowest BCUT2D eigenvalue weighted by Gasteiger charge is -1.98. The minimum Gasteiger partial charge on any atom is -0.465 e. The molecule has 1 amide bonds. The number of alkyl halides is 1. The molecule has 66 valence electrons. The highest BCUT2D eigenvalue weighted by Gasteiger charge is 2.00. The zero-order valence-electron chi connectivity index (χ0n) is 6.76. The van der Waals surface area contributed by atoms with E-state index in [1.165, 1.54) is 0 Å². The van der Waals surface area contributed by atoms with Crippen molar-refractivity contribution in [3.63, 3.8) is 0 Å². The van der Waals surface area contributed by atoms with Gasteiger partial charge in [-0.1, -0.05) is 0 Å². The van der Waals surface area contributed by atoms with Crippen LogP contribution >= 0.6 is 11.6 Å². The monoisotopic (exact) mass is 187 g/mol. The van der Waals surface area contributed by atoms with Gasteiger partial charge in [0.15, 0.2) is 0 Å². The van der Waals surface area contributed by atoms with E-state index in [9.17, 15) is 4.79 Å². The van der Waals surface area contributed by atoms with E-state index >= 15 is 0 Å². The van der Waals surface area contributed by atoms with Crippen LogP contribution in [0.3, 0.4) is 0 Å². The first-order chi connectivity index (χ1) is 5.72. The van der Waals surface area contributed by atoms with E-state index in [1.807, 2.05) is 19.1 Å². The minimum atomic E-state index is -0.189. The quantitative estimate of drug-likeness (QED) is 0.728. The van der Waals surface area contributed by atoms with Gasteiger partial charge in [-0.25, -0.2) is 0 Å². The van der Waals surface area contributed by atoms with Gasteiger partial charge in [-0.2, -0.15) is 0 Å². The van der Waals surface area contributed by atoms with Crippen LogP contribution in [0, 0.1) is 6.92 Å². The summed E-state index contributed by atoms with van der Waals surface area (Å²) in [5.41, 5.74) is 0. The van der Waals surface area contributed by atoms with Crippen LogP contribution in [0.15, 0.2) is 16.5 Å². The van der Waals surface area contributed by atoms with Gasteiger partial charge in [-0.3, -0.25) is 4.79 Å². The Bertz CT molecular complexity index is 270. The molecule has 0 aromatic carbocycles. The van der Waals surface area contributed by atoms with Crippen molar-refractivity contribution >= 4 is 17.5 Å². The highest BCUT2D eigenvalue weighted by molar-refractivity contribution is 6.27. The average molecular weight is 188 g/mol. The summed E-state index contributed by atoms with van der Waals surface area (Å²) in [7, 11) is 0. The second kappa shape index (κ2) is 4.16. The van der Waals surface area contributed by atoms with Gasteiger partial charge >= 0.3 is 0 Å².